The summed E-state index contributed by atoms with van der Waals surface area (Å²) in [6.07, 6.45) is 1.56. The zero-order chi connectivity index (χ0) is 17.5. The molecule has 128 valence electrons. The Hall–Kier alpha value is -1.93. The van der Waals surface area contributed by atoms with Gasteiger partial charge in [0.15, 0.2) is 0 Å². The largest absolute Gasteiger partial charge is 0.350 e. The third-order valence-electron chi connectivity index (χ3n) is 3.36. The highest BCUT2D eigenvalue weighted by Gasteiger charge is 2.16. The monoisotopic (exact) mass is 411 g/mol. The second kappa shape index (κ2) is 8.79. The van der Waals surface area contributed by atoms with Gasteiger partial charge in [0.2, 0.25) is 11.8 Å². The van der Waals surface area contributed by atoms with Crippen molar-refractivity contribution in [2.24, 2.45) is 0 Å². The number of halogens is 1. The number of amides is 2. The Balaban J connectivity index is 1.92. The van der Waals surface area contributed by atoms with Crippen molar-refractivity contribution >= 4 is 39.1 Å². The smallest absolute Gasteiger partial charge is 0.251 e. The van der Waals surface area contributed by atoms with E-state index in [2.05, 4.69) is 21.2 Å². The van der Waals surface area contributed by atoms with Crippen LogP contribution in [-0.2, 0) is 22.7 Å². The molecule has 0 aliphatic heterocycles. The van der Waals surface area contributed by atoms with Crippen molar-refractivity contribution in [3.05, 3.63) is 55.5 Å². The van der Waals surface area contributed by atoms with Crippen molar-refractivity contribution in [3.8, 4) is 0 Å². The summed E-state index contributed by atoms with van der Waals surface area (Å²) in [6.45, 7) is 2.53. The summed E-state index contributed by atoms with van der Waals surface area (Å²) in [4.78, 5) is 38.6. The van der Waals surface area contributed by atoms with Crippen molar-refractivity contribution in [2.45, 2.75) is 20.0 Å². The summed E-state index contributed by atoms with van der Waals surface area (Å²) in [7, 11) is 0. The molecule has 0 aliphatic carbocycles. The van der Waals surface area contributed by atoms with Crippen LogP contribution in [0.15, 0.2) is 45.1 Å². The molecule has 0 unspecified atom stereocenters. The first kappa shape index (κ1) is 18.4. The fourth-order valence-electron chi connectivity index (χ4n) is 2.08. The van der Waals surface area contributed by atoms with Crippen LogP contribution in [-0.4, -0.2) is 34.4 Å². The van der Waals surface area contributed by atoms with Gasteiger partial charge in [-0.05, 0) is 40.4 Å². The van der Waals surface area contributed by atoms with Gasteiger partial charge in [-0.25, -0.2) is 0 Å². The molecule has 2 aromatic rings. The third-order valence-corrected chi connectivity index (χ3v) is 4.71. The number of pyridine rings is 1. The van der Waals surface area contributed by atoms with E-state index in [4.69, 9.17) is 0 Å². The molecule has 8 heteroatoms. The van der Waals surface area contributed by atoms with E-state index in [1.165, 1.54) is 15.5 Å². The van der Waals surface area contributed by atoms with E-state index in [0.29, 0.717) is 17.6 Å². The summed E-state index contributed by atoms with van der Waals surface area (Å²) in [5, 5.41) is 4.73. The molecule has 6 nitrogen and oxygen atoms in total. The van der Waals surface area contributed by atoms with E-state index in [-0.39, 0.29) is 30.5 Å². The van der Waals surface area contributed by atoms with Gasteiger partial charge in [-0.2, -0.15) is 0 Å². The van der Waals surface area contributed by atoms with Gasteiger partial charge in [0.1, 0.15) is 6.54 Å². The Labute approximate surface area is 152 Å². The minimum Gasteiger partial charge on any atom is -0.350 e. The Bertz CT molecular complexity index is 758. The fraction of sp³-hybridized carbons (Fsp3) is 0.312. The number of likely N-dealkylation sites (N-methyl/N-ethyl adjacent to an activating group) is 1. The summed E-state index contributed by atoms with van der Waals surface area (Å²) < 4.78 is 2.03. The maximum absolute atomic E-state index is 12.3. The molecular weight excluding hydrogens is 394 g/mol. The maximum Gasteiger partial charge on any atom is 0.251 e. The minimum atomic E-state index is -0.274. The number of aromatic nitrogens is 1. The molecule has 0 aromatic carbocycles. The van der Waals surface area contributed by atoms with Gasteiger partial charge in [-0.15, -0.1) is 11.3 Å². The zero-order valence-electron chi connectivity index (χ0n) is 13.2. The molecule has 2 rings (SSSR count). The topological polar surface area (TPSA) is 71.4 Å². The van der Waals surface area contributed by atoms with E-state index in [1.54, 1.807) is 30.5 Å². The Morgan fingerprint density at radius 2 is 2.12 bits per heavy atom. The van der Waals surface area contributed by atoms with Crippen molar-refractivity contribution < 1.29 is 9.59 Å². The summed E-state index contributed by atoms with van der Waals surface area (Å²) in [6, 6.07) is 6.87. The Kier molecular flexibility index (Phi) is 6.74. The molecule has 0 spiro atoms. The van der Waals surface area contributed by atoms with Gasteiger partial charge in [-0.3, -0.25) is 14.4 Å². The lowest BCUT2D eigenvalue weighted by molar-refractivity contribution is -0.136. The number of carbonyl (C=O) groups is 2. The molecule has 0 radical (unpaired) electrons. The van der Waals surface area contributed by atoms with Gasteiger partial charge in [0, 0.05) is 28.2 Å². The zero-order valence-corrected chi connectivity index (χ0v) is 15.6. The first-order valence-corrected chi connectivity index (χ1v) is 9.09. The second-order valence-corrected chi connectivity index (χ2v) is 7.03. The Morgan fingerprint density at radius 3 is 2.79 bits per heavy atom. The van der Waals surface area contributed by atoms with E-state index in [1.807, 2.05) is 17.5 Å². The number of hydrogen-bond donors (Lipinski definition) is 1. The van der Waals surface area contributed by atoms with E-state index >= 15 is 0 Å². The number of rotatable bonds is 7. The molecule has 0 atom stereocenters. The molecule has 0 saturated carbocycles. The molecule has 0 saturated heterocycles. The Morgan fingerprint density at radius 1 is 1.33 bits per heavy atom. The maximum atomic E-state index is 12.3. The number of hydrogen-bond acceptors (Lipinski definition) is 4. The lowest BCUT2D eigenvalue weighted by Gasteiger charge is -2.20. The van der Waals surface area contributed by atoms with Crippen LogP contribution in [0, 0.1) is 0 Å². The van der Waals surface area contributed by atoms with Crippen LogP contribution in [0.25, 0.3) is 0 Å². The number of carbonyl (C=O) groups excluding carboxylic acids is 2. The molecule has 0 fully saturated rings. The summed E-state index contributed by atoms with van der Waals surface area (Å²) in [5.74, 6) is -0.496. The third kappa shape index (κ3) is 5.31. The SMILES string of the molecule is CCN(CC(=O)NCc1cccs1)C(=O)Cn1cc(Br)ccc1=O. The summed E-state index contributed by atoms with van der Waals surface area (Å²) >= 11 is 4.84. The van der Waals surface area contributed by atoms with E-state index in [9.17, 15) is 14.4 Å². The standard InChI is InChI=1S/C16H18BrN3O3S/c1-2-19(10-14(21)18-8-13-4-3-7-24-13)16(23)11-20-9-12(17)5-6-15(20)22/h3-7,9H,2,8,10-11H2,1H3,(H,18,21). The lowest BCUT2D eigenvalue weighted by Crippen LogP contribution is -2.42. The average Bonchev–Trinajstić information content (AvgIpc) is 3.07. The highest BCUT2D eigenvalue weighted by atomic mass is 79.9. The van der Waals surface area contributed by atoms with Crippen molar-refractivity contribution in [1.82, 2.24) is 14.8 Å². The quantitative estimate of drug-likeness (QED) is 0.755. The van der Waals surface area contributed by atoms with Crippen LogP contribution < -0.4 is 10.9 Å². The highest BCUT2D eigenvalue weighted by Crippen LogP contribution is 2.07. The van der Waals surface area contributed by atoms with Crippen molar-refractivity contribution in [1.29, 1.82) is 0 Å². The van der Waals surface area contributed by atoms with Crippen LogP contribution >= 0.6 is 27.3 Å². The minimum absolute atomic E-state index is 0.0243. The highest BCUT2D eigenvalue weighted by molar-refractivity contribution is 9.10. The van der Waals surface area contributed by atoms with Gasteiger partial charge in [0.05, 0.1) is 13.1 Å². The summed E-state index contributed by atoms with van der Waals surface area (Å²) in [5.41, 5.74) is -0.259. The van der Waals surface area contributed by atoms with Crippen LogP contribution in [0.1, 0.15) is 11.8 Å². The van der Waals surface area contributed by atoms with E-state index in [0.717, 1.165) is 4.88 Å². The second-order valence-electron chi connectivity index (χ2n) is 5.08. The van der Waals surface area contributed by atoms with Crippen LogP contribution in [0.3, 0.4) is 0 Å². The van der Waals surface area contributed by atoms with Crippen molar-refractivity contribution in [2.75, 3.05) is 13.1 Å². The number of nitrogens with one attached hydrogen (secondary N) is 1. The molecule has 1 N–H and O–H groups in total. The van der Waals surface area contributed by atoms with Gasteiger partial charge in [-0.1, -0.05) is 6.07 Å². The molecule has 2 amide bonds. The van der Waals surface area contributed by atoms with Gasteiger partial charge < -0.3 is 14.8 Å². The molecular formula is C16H18BrN3O3S. The normalized spacial score (nSPS) is 10.4. The molecule has 0 aliphatic rings. The fourth-order valence-corrected chi connectivity index (χ4v) is 3.10. The van der Waals surface area contributed by atoms with Crippen LogP contribution in [0.5, 0.6) is 0 Å². The number of thiophene rings is 1. The molecule has 24 heavy (non-hydrogen) atoms. The molecule has 0 bridgehead atoms. The lowest BCUT2D eigenvalue weighted by atomic mass is 10.4. The van der Waals surface area contributed by atoms with Crippen LogP contribution in [0.4, 0.5) is 0 Å². The molecule has 2 heterocycles. The molecule has 2 aromatic heterocycles. The van der Waals surface area contributed by atoms with Crippen molar-refractivity contribution in [3.63, 3.8) is 0 Å². The first-order valence-electron chi connectivity index (χ1n) is 7.42. The number of nitrogens with zero attached hydrogens (tertiary/aromatic N) is 2. The predicted molar refractivity (Wildman–Crippen MR) is 96.8 cm³/mol. The van der Waals surface area contributed by atoms with E-state index < -0.39 is 0 Å². The first-order chi connectivity index (χ1) is 11.5. The van der Waals surface area contributed by atoms with Gasteiger partial charge >= 0.3 is 0 Å². The average molecular weight is 412 g/mol. The predicted octanol–water partition coefficient (Wildman–Crippen LogP) is 1.84. The van der Waals surface area contributed by atoms with Crippen LogP contribution in [0.2, 0.25) is 0 Å². The van der Waals surface area contributed by atoms with Gasteiger partial charge in [0.25, 0.3) is 5.56 Å².